The summed E-state index contributed by atoms with van der Waals surface area (Å²) in [6.07, 6.45) is 2.33. The molecule has 2 aromatic rings. The molecule has 2 rings (SSSR count). The van der Waals surface area contributed by atoms with Gasteiger partial charge in [-0.1, -0.05) is 31.5 Å². The monoisotopic (exact) mass is 263 g/mol. The lowest BCUT2D eigenvalue weighted by molar-refractivity contribution is 0.118. The lowest BCUT2D eigenvalue weighted by Crippen LogP contribution is -2.06. The number of ether oxygens (including phenoxy) is 1. The average molecular weight is 263 g/mol. The molecular weight excluding hydrogens is 242 g/mol. The Morgan fingerprint density at radius 3 is 2.89 bits per heavy atom. The van der Waals surface area contributed by atoms with Crippen LogP contribution in [0.25, 0.3) is 10.1 Å². The van der Waals surface area contributed by atoms with Crippen LogP contribution in [0.1, 0.15) is 30.2 Å². The molecule has 1 aromatic carbocycles. The van der Waals surface area contributed by atoms with Crippen molar-refractivity contribution in [3.8, 4) is 0 Å². The van der Waals surface area contributed by atoms with Gasteiger partial charge in [-0.2, -0.15) is 0 Å². The molecule has 2 nitrogen and oxygen atoms in total. The van der Waals surface area contributed by atoms with Crippen molar-refractivity contribution in [1.82, 2.24) is 5.32 Å². The van der Waals surface area contributed by atoms with Gasteiger partial charge in [0, 0.05) is 28.3 Å². The third kappa shape index (κ3) is 3.10. The largest absolute Gasteiger partial charge is 0.377 e. The van der Waals surface area contributed by atoms with E-state index < -0.39 is 0 Å². The van der Waals surface area contributed by atoms with E-state index >= 15 is 0 Å². The van der Waals surface area contributed by atoms with Gasteiger partial charge in [-0.25, -0.2) is 0 Å². The van der Waals surface area contributed by atoms with Crippen LogP contribution in [0.3, 0.4) is 0 Å². The number of unbranched alkanes of at least 4 members (excludes halogenated alkanes) is 1. The van der Waals surface area contributed by atoms with Crippen LogP contribution in [0.15, 0.2) is 24.3 Å². The third-order valence-corrected chi connectivity index (χ3v) is 4.22. The highest BCUT2D eigenvalue weighted by Crippen LogP contribution is 2.31. The van der Waals surface area contributed by atoms with Gasteiger partial charge >= 0.3 is 0 Å². The minimum atomic E-state index is 0.737. The van der Waals surface area contributed by atoms with Crippen LogP contribution >= 0.6 is 11.3 Å². The van der Waals surface area contributed by atoms with Crippen LogP contribution in [-0.4, -0.2) is 13.7 Å². The lowest BCUT2D eigenvalue weighted by atomic mass is 10.1. The van der Waals surface area contributed by atoms with E-state index in [4.69, 9.17) is 4.74 Å². The molecule has 18 heavy (non-hydrogen) atoms. The summed E-state index contributed by atoms with van der Waals surface area (Å²) in [4.78, 5) is 1.40. The zero-order chi connectivity index (χ0) is 12.8. The molecule has 1 aromatic heterocycles. The summed E-state index contributed by atoms with van der Waals surface area (Å²) in [5, 5.41) is 4.59. The molecule has 0 aliphatic heterocycles. The Hall–Kier alpha value is -0.900. The van der Waals surface area contributed by atoms with Crippen molar-refractivity contribution < 1.29 is 4.74 Å². The molecule has 0 aliphatic rings. The molecule has 0 radical (unpaired) electrons. The molecule has 0 bridgehead atoms. The number of fused-ring (bicyclic) bond motifs is 1. The van der Waals surface area contributed by atoms with Crippen molar-refractivity contribution in [3.63, 3.8) is 0 Å². The lowest BCUT2D eigenvalue weighted by Gasteiger charge is -2.06. The number of rotatable bonds is 7. The van der Waals surface area contributed by atoms with Gasteiger partial charge in [-0.15, -0.1) is 11.3 Å². The SMILES string of the molecule is CCCCOCc1c(CNC)sc2ccccc12. The molecular formula is C15H21NOS. The van der Waals surface area contributed by atoms with E-state index in [1.54, 1.807) is 0 Å². The van der Waals surface area contributed by atoms with Crippen molar-refractivity contribution in [2.24, 2.45) is 0 Å². The molecule has 1 N–H and O–H groups in total. The second-order valence-electron chi connectivity index (χ2n) is 4.44. The second kappa shape index (κ2) is 6.88. The predicted molar refractivity (Wildman–Crippen MR) is 79.2 cm³/mol. The van der Waals surface area contributed by atoms with Gasteiger partial charge < -0.3 is 10.1 Å². The summed E-state index contributed by atoms with van der Waals surface area (Å²) < 4.78 is 7.15. The van der Waals surface area contributed by atoms with Crippen LogP contribution in [0.4, 0.5) is 0 Å². The van der Waals surface area contributed by atoms with E-state index in [1.807, 2.05) is 18.4 Å². The van der Waals surface area contributed by atoms with E-state index in [0.717, 1.165) is 26.2 Å². The first-order valence-corrected chi connectivity index (χ1v) is 7.40. The van der Waals surface area contributed by atoms with Gasteiger partial charge in [-0.05, 0) is 24.9 Å². The first-order valence-electron chi connectivity index (χ1n) is 6.58. The van der Waals surface area contributed by atoms with Gasteiger partial charge in [0.1, 0.15) is 0 Å². The first kappa shape index (κ1) is 13.5. The van der Waals surface area contributed by atoms with Crippen LogP contribution in [0.2, 0.25) is 0 Å². The molecule has 0 aliphatic carbocycles. The number of nitrogens with one attached hydrogen (secondary N) is 1. The fraction of sp³-hybridized carbons (Fsp3) is 0.467. The Morgan fingerprint density at radius 1 is 1.28 bits per heavy atom. The van der Waals surface area contributed by atoms with Gasteiger partial charge in [-0.3, -0.25) is 0 Å². The van der Waals surface area contributed by atoms with Crippen LogP contribution in [0.5, 0.6) is 0 Å². The zero-order valence-corrected chi connectivity index (χ0v) is 12.0. The van der Waals surface area contributed by atoms with Crippen LogP contribution in [0, 0.1) is 0 Å². The Bertz CT molecular complexity index is 492. The molecule has 0 saturated carbocycles. The quantitative estimate of drug-likeness (QED) is 0.764. The first-order chi connectivity index (χ1) is 8.86. The Kier molecular flexibility index (Phi) is 5.17. The molecule has 0 fully saturated rings. The van der Waals surface area contributed by atoms with E-state index in [9.17, 15) is 0 Å². The van der Waals surface area contributed by atoms with Crippen molar-refractivity contribution in [2.75, 3.05) is 13.7 Å². The topological polar surface area (TPSA) is 21.3 Å². The average Bonchev–Trinajstić information content (AvgIpc) is 2.73. The van der Waals surface area contributed by atoms with Crippen molar-refractivity contribution in [1.29, 1.82) is 0 Å². The smallest absolute Gasteiger partial charge is 0.0734 e. The Balaban J connectivity index is 2.19. The summed E-state index contributed by atoms with van der Waals surface area (Å²) in [5.41, 5.74) is 1.36. The van der Waals surface area contributed by atoms with Crippen molar-refractivity contribution in [2.45, 2.75) is 32.9 Å². The summed E-state index contributed by atoms with van der Waals surface area (Å²) in [6.45, 7) is 4.71. The third-order valence-electron chi connectivity index (χ3n) is 3.01. The Labute approximate surface area is 113 Å². The maximum Gasteiger partial charge on any atom is 0.0734 e. The van der Waals surface area contributed by atoms with E-state index in [-0.39, 0.29) is 0 Å². The molecule has 98 valence electrons. The molecule has 0 saturated heterocycles. The van der Waals surface area contributed by atoms with Crippen LogP contribution < -0.4 is 5.32 Å². The highest BCUT2D eigenvalue weighted by atomic mass is 32.1. The zero-order valence-electron chi connectivity index (χ0n) is 11.2. The van der Waals surface area contributed by atoms with E-state index in [0.29, 0.717) is 0 Å². The fourth-order valence-corrected chi connectivity index (χ4v) is 3.25. The maximum atomic E-state index is 5.79. The summed E-state index contributed by atoms with van der Waals surface area (Å²) in [7, 11) is 1.99. The van der Waals surface area contributed by atoms with Crippen molar-refractivity contribution >= 4 is 21.4 Å². The predicted octanol–water partition coefficient (Wildman–Crippen LogP) is 3.94. The molecule has 0 spiro atoms. The Morgan fingerprint density at radius 2 is 2.11 bits per heavy atom. The standard InChI is InChI=1S/C15H21NOS/c1-3-4-9-17-11-13-12-7-5-6-8-14(12)18-15(13)10-16-2/h5-8,16H,3-4,9-11H2,1-2H3. The minimum absolute atomic E-state index is 0.737. The van der Waals surface area contributed by atoms with E-state index in [2.05, 4.69) is 36.5 Å². The molecule has 0 unspecified atom stereocenters. The highest BCUT2D eigenvalue weighted by Gasteiger charge is 2.11. The minimum Gasteiger partial charge on any atom is -0.377 e. The van der Waals surface area contributed by atoms with Gasteiger partial charge in [0.15, 0.2) is 0 Å². The summed E-state index contributed by atoms with van der Waals surface area (Å²) in [6, 6.07) is 8.59. The highest BCUT2D eigenvalue weighted by molar-refractivity contribution is 7.19. The fourth-order valence-electron chi connectivity index (χ4n) is 2.03. The number of hydrogen-bond acceptors (Lipinski definition) is 3. The maximum absolute atomic E-state index is 5.79. The summed E-state index contributed by atoms with van der Waals surface area (Å²) >= 11 is 1.87. The normalized spacial score (nSPS) is 11.2. The number of hydrogen-bond donors (Lipinski definition) is 1. The molecule has 0 atom stereocenters. The summed E-state index contributed by atoms with van der Waals surface area (Å²) in [5.74, 6) is 0. The molecule has 3 heteroatoms. The van der Waals surface area contributed by atoms with Gasteiger partial charge in [0.2, 0.25) is 0 Å². The van der Waals surface area contributed by atoms with E-state index in [1.165, 1.54) is 26.9 Å². The second-order valence-corrected chi connectivity index (χ2v) is 5.57. The van der Waals surface area contributed by atoms with Gasteiger partial charge in [0.05, 0.1) is 6.61 Å². The number of benzene rings is 1. The van der Waals surface area contributed by atoms with Crippen LogP contribution in [-0.2, 0) is 17.9 Å². The molecule has 0 amide bonds. The molecule has 1 heterocycles. The van der Waals surface area contributed by atoms with Crippen molar-refractivity contribution in [3.05, 3.63) is 34.7 Å². The number of thiophene rings is 1. The van der Waals surface area contributed by atoms with Gasteiger partial charge in [0.25, 0.3) is 0 Å².